The van der Waals surface area contributed by atoms with Crippen LogP contribution in [0.2, 0.25) is 0 Å². The summed E-state index contributed by atoms with van der Waals surface area (Å²) in [5.41, 5.74) is 1.29. The van der Waals surface area contributed by atoms with Gasteiger partial charge < -0.3 is 15.2 Å². The number of phenols is 1. The molecule has 2 unspecified atom stereocenters. The van der Waals surface area contributed by atoms with Crippen LogP contribution in [0.25, 0.3) is 0 Å². The standard InChI is InChI=1S/C17H27NO2/c1-13(4-5-14-6-8-16(19)9-7-14)18-15-10-11-20-17(2,3)12-15/h6-9,13,15,18-19H,4-5,10-12H2,1-3H3. The van der Waals surface area contributed by atoms with E-state index in [1.54, 1.807) is 12.1 Å². The summed E-state index contributed by atoms with van der Waals surface area (Å²) in [5, 5.41) is 13.0. The molecular weight excluding hydrogens is 250 g/mol. The number of ether oxygens (including phenoxy) is 1. The van der Waals surface area contributed by atoms with Crippen molar-refractivity contribution in [2.24, 2.45) is 0 Å². The minimum absolute atomic E-state index is 0.00654. The molecule has 2 rings (SSSR count). The molecule has 3 heteroatoms. The number of rotatable bonds is 5. The van der Waals surface area contributed by atoms with Crippen molar-refractivity contribution < 1.29 is 9.84 Å². The molecule has 0 amide bonds. The molecule has 1 aliphatic heterocycles. The van der Waals surface area contributed by atoms with Crippen molar-refractivity contribution in [1.29, 1.82) is 0 Å². The van der Waals surface area contributed by atoms with Crippen molar-refractivity contribution in [2.45, 2.75) is 64.1 Å². The minimum Gasteiger partial charge on any atom is -0.508 e. The summed E-state index contributed by atoms with van der Waals surface area (Å²) in [5.74, 6) is 0.337. The lowest BCUT2D eigenvalue weighted by atomic mass is 9.93. The molecule has 0 aliphatic carbocycles. The first kappa shape index (κ1) is 15.3. The summed E-state index contributed by atoms with van der Waals surface area (Å²) < 4.78 is 5.75. The van der Waals surface area contributed by atoms with Crippen molar-refractivity contribution in [3.8, 4) is 5.75 Å². The zero-order chi connectivity index (χ0) is 14.6. The molecule has 0 saturated carbocycles. The maximum absolute atomic E-state index is 9.28. The van der Waals surface area contributed by atoms with E-state index in [1.165, 1.54) is 5.56 Å². The molecule has 1 fully saturated rings. The normalized spacial score (nSPS) is 23.4. The van der Waals surface area contributed by atoms with E-state index in [0.29, 0.717) is 17.8 Å². The number of hydrogen-bond donors (Lipinski definition) is 2. The largest absolute Gasteiger partial charge is 0.508 e. The van der Waals surface area contributed by atoms with E-state index in [1.807, 2.05) is 12.1 Å². The Kier molecular flexibility index (Phi) is 5.06. The molecule has 2 atom stereocenters. The Morgan fingerprint density at radius 3 is 2.70 bits per heavy atom. The Morgan fingerprint density at radius 1 is 1.35 bits per heavy atom. The van der Waals surface area contributed by atoms with Crippen LogP contribution in [0.1, 0.15) is 45.6 Å². The molecule has 1 saturated heterocycles. The van der Waals surface area contributed by atoms with Crippen LogP contribution in [0.5, 0.6) is 5.75 Å². The van der Waals surface area contributed by atoms with E-state index in [0.717, 1.165) is 32.3 Å². The lowest BCUT2D eigenvalue weighted by Crippen LogP contribution is -2.46. The van der Waals surface area contributed by atoms with Gasteiger partial charge in [0, 0.05) is 18.7 Å². The van der Waals surface area contributed by atoms with E-state index in [2.05, 4.69) is 26.1 Å². The first-order valence-electron chi connectivity index (χ1n) is 7.62. The fourth-order valence-corrected chi connectivity index (χ4v) is 2.91. The second kappa shape index (κ2) is 6.59. The molecule has 3 nitrogen and oxygen atoms in total. The Hall–Kier alpha value is -1.06. The molecule has 1 aromatic carbocycles. The quantitative estimate of drug-likeness (QED) is 0.868. The van der Waals surface area contributed by atoms with Crippen LogP contribution in [0, 0.1) is 0 Å². The van der Waals surface area contributed by atoms with E-state index in [-0.39, 0.29) is 5.60 Å². The molecule has 1 heterocycles. The first-order chi connectivity index (χ1) is 9.44. The van der Waals surface area contributed by atoms with Gasteiger partial charge in [-0.1, -0.05) is 12.1 Å². The monoisotopic (exact) mass is 277 g/mol. The molecule has 0 aromatic heterocycles. The van der Waals surface area contributed by atoms with Crippen molar-refractivity contribution in [2.75, 3.05) is 6.61 Å². The minimum atomic E-state index is 0.00654. The van der Waals surface area contributed by atoms with E-state index in [4.69, 9.17) is 4.74 Å². The Morgan fingerprint density at radius 2 is 2.05 bits per heavy atom. The lowest BCUT2D eigenvalue weighted by molar-refractivity contribution is -0.0640. The predicted octanol–water partition coefficient (Wildman–Crippen LogP) is 3.26. The molecule has 20 heavy (non-hydrogen) atoms. The Balaban J connectivity index is 1.75. The van der Waals surface area contributed by atoms with Gasteiger partial charge in [0.1, 0.15) is 5.75 Å². The van der Waals surface area contributed by atoms with Crippen molar-refractivity contribution in [3.05, 3.63) is 29.8 Å². The van der Waals surface area contributed by atoms with Crippen LogP contribution in [0.4, 0.5) is 0 Å². The van der Waals surface area contributed by atoms with Gasteiger partial charge in [-0.2, -0.15) is 0 Å². The second-order valence-corrected chi connectivity index (χ2v) is 6.57. The van der Waals surface area contributed by atoms with Gasteiger partial charge in [0.25, 0.3) is 0 Å². The molecule has 2 N–H and O–H groups in total. The fourth-order valence-electron chi connectivity index (χ4n) is 2.91. The highest BCUT2D eigenvalue weighted by Crippen LogP contribution is 2.24. The number of benzene rings is 1. The van der Waals surface area contributed by atoms with Crippen LogP contribution < -0.4 is 5.32 Å². The van der Waals surface area contributed by atoms with Crippen LogP contribution in [-0.4, -0.2) is 29.4 Å². The smallest absolute Gasteiger partial charge is 0.115 e. The second-order valence-electron chi connectivity index (χ2n) is 6.57. The third kappa shape index (κ3) is 4.80. The van der Waals surface area contributed by atoms with Crippen molar-refractivity contribution >= 4 is 0 Å². The summed E-state index contributed by atoms with van der Waals surface area (Å²) in [6.45, 7) is 7.45. The fraction of sp³-hybridized carbons (Fsp3) is 0.647. The summed E-state index contributed by atoms with van der Waals surface area (Å²) >= 11 is 0. The lowest BCUT2D eigenvalue weighted by Gasteiger charge is -2.37. The molecule has 1 aromatic rings. The van der Waals surface area contributed by atoms with Crippen LogP contribution in [0.15, 0.2) is 24.3 Å². The third-order valence-electron chi connectivity index (χ3n) is 4.02. The van der Waals surface area contributed by atoms with Crippen LogP contribution >= 0.6 is 0 Å². The number of aromatic hydroxyl groups is 1. The Bertz CT molecular complexity index is 414. The van der Waals surface area contributed by atoms with Gasteiger partial charge in [0.2, 0.25) is 0 Å². The topological polar surface area (TPSA) is 41.5 Å². The first-order valence-corrected chi connectivity index (χ1v) is 7.62. The van der Waals surface area contributed by atoms with Crippen LogP contribution in [0.3, 0.4) is 0 Å². The van der Waals surface area contributed by atoms with Gasteiger partial charge in [0.15, 0.2) is 0 Å². The highest BCUT2D eigenvalue weighted by molar-refractivity contribution is 5.25. The number of nitrogens with one attached hydrogen (secondary N) is 1. The maximum Gasteiger partial charge on any atom is 0.115 e. The highest BCUT2D eigenvalue weighted by atomic mass is 16.5. The maximum atomic E-state index is 9.28. The average Bonchev–Trinajstić information content (AvgIpc) is 2.37. The molecule has 0 bridgehead atoms. The molecule has 0 spiro atoms. The SMILES string of the molecule is CC(CCc1ccc(O)cc1)NC1CCOC(C)(C)C1. The van der Waals surface area contributed by atoms with Crippen LogP contribution in [-0.2, 0) is 11.2 Å². The van der Waals surface area contributed by atoms with Gasteiger partial charge in [-0.15, -0.1) is 0 Å². The average molecular weight is 277 g/mol. The van der Waals surface area contributed by atoms with E-state index in [9.17, 15) is 5.11 Å². The van der Waals surface area contributed by atoms with Gasteiger partial charge in [-0.3, -0.25) is 0 Å². The number of hydrogen-bond acceptors (Lipinski definition) is 3. The van der Waals surface area contributed by atoms with E-state index >= 15 is 0 Å². The number of aryl methyl sites for hydroxylation is 1. The van der Waals surface area contributed by atoms with Crippen molar-refractivity contribution in [3.63, 3.8) is 0 Å². The zero-order valence-electron chi connectivity index (χ0n) is 12.9. The van der Waals surface area contributed by atoms with Gasteiger partial charge >= 0.3 is 0 Å². The summed E-state index contributed by atoms with van der Waals surface area (Å²) in [6, 6.07) is 8.58. The summed E-state index contributed by atoms with van der Waals surface area (Å²) in [6.07, 6.45) is 4.34. The predicted molar refractivity (Wildman–Crippen MR) is 82.1 cm³/mol. The van der Waals surface area contributed by atoms with Gasteiger partial charge in [-0.25, -0.2) is 0 Å². The molecular formula is C17H27NO2. The molecule has 1 aliphatic rings. The highest BCUT2D eigenvalue weighted by Gasteiger charge is 2.29. The van der Waals surface area contributed by atoms with Gasteiger partial charge in [0.05, 0.1) is 5.60 Å². The van der Waals surface area contributed by atoms with E-state index < -0.39 is 0 Å². The Labute approximate surface area is 122 Å². The van der Waals surface area contributed by atoms with Gasteiger partial charge in [-0.05, 0) is 64.2 Å². The zero-order valence-corrected chi connectivity index (χ0v) is 12.9. The third-order valence-corrected chi connectivity index (χ3v) is 4.02. The van der Waals surface area contributed by atoms with Crippen molar-refractivity contribution in [1.82, 2.24) is 5.32 Å². The summed E-state index contributed by atoms with van der Waals surface area (Å²) in [4.78, 5) is 0. The summed E-state index contributed by atoms with van der Waals surface area (Å²) in [7, 11) is 0. The molecule has 112 valence electrons. The number of phenolic OH excluding ortho intramolecular Hbond substituents is 1. The molecule has 0 radical (unpaired) electrons.